The summed E-state index contributed by atoms with van der Waals surface area (Å²) in [6.45, 7) is 0. The van der Waals surface area contributed by atoms with Crippen LogP contribution in [-0.4, -0.2) is 29.5 Å². The largest absolute Gasteiger partial charge is 0.334 e. The lowest BCUT2D eigenvalue weighted by molar-refractivity contribution is 1.01. The second-order valence-electron chi connectivity index (χ2n) is 4.13. The zero-order chi connectivity index (χ0) is 12.8. The molecule has 3 aromatic heterocycles. The first-order valence-corrected chi connectivity index (χ1v) is 5.70. The zero-order valence-corrected chi connectivity index (χ0v) is 9.66. The number of H-pyrrole nitrogens is 2. The molecule has 0 spiro atoms. The average molecular weight is 252 g/mol. The van der Waals surface area contributed by atoms with Crippen LogP contribution >= 0.6 is 0 Å². The molecule has 0 aliphatic carbocycles. The van der Waals surface area contributed by atoms with Crippen molar-refractivity contribution < 1.29 is 0 Å². The Bertz CT molecular complexity index is 933. The summed E-state index contributed by atoms with van der Waals surface area (Å²) < 4.78 is 1.34. The van der Waals surface area contributed by atoms with E-state index >= 15 is 0 Å². The molecule has 92 valence electrons. The average Bonchev–Trinajstić information content (AvgIpc) is 3.05. The van der Waals surface area contributed by atoms with Gasteiger partial charge in [0.05, 0.1) is 0 Å². The van der Waals surface area contributed by atoms with Crippen molar-refractivity contribution in [3.05, 3.63) is 47.1 Å². The molecule has 4 aromatic rings. The number of benzene rings is 1. The second kappa shape index (κ2) is 3.52. The highest BCUT2D eigenvalue weighted by molar-refractivity contribution is 5.87. The summed E-state index contributed by atoms with van der Waals surface area (Å²) in [5, 5.41) is 7.68. The van der Waals surface area contributed by atoms with Crippen molar-refractivity contribution in [3.8, 4) is 11.4 Å². The standard InChI is InChI=1S/C12H8N6O/c19-12-16-10-8(11-17-13-6-18(11)12)14-9(15-10)7-4-2-1-3-5-7/h1-6H,(H,14,15)(H,16,19). The normalized spacial score (nSPS) is 11.4. The van der Waals surface area contributed by atoms with E-state index in [4.69, 9.17) is 0 Å². The fraction of sp³-hybridized carbons (Fsp3) is 0. The highest BCUT2D eigenvalue weighted by Gasteiger charge is 2.12. The second-order valence-corrected chi connectivity index (χ2v) is 4.13. The van der Waals surface area contributed by atoms with Gasteiger partial charge in [0.2, 0.25) is 0 Å². The van der Waals surface area contributed by atoms with Gasteiger partial charge in [-0.25, -0.2) is 14.2 Å². The van der Waals surface area contributed by atoms with Gasteiger partial charge in [0, 0.05) is 5.56 Å². The van der Waals surface area contributed by atoms with Crippen LogP contribution in [0.2, 0.25) is 0 Å². The quantitative estimate of drug-likeness (QED) is 0.527. The van der Waals surface area contributed by atoms with Crippen LogP contribution in [0.15, 0.2) is 41.5 Å². The molecule has 0 fully saturated rings. The topological polar surface area (TPSA) is 91.7 Å². The van der Waals surface area contributed by atoms with Gasteiger partial charge in [0.1, 0.15) is 17.7 Å². The molecule has 0 amide bonds. The van der Waals surface area contributed by atoms with E-state index < -0.39 is 0 Å². The number of rotatable bonds is 1. The number of nitrogens with zero attached hydrogens (tertiary/aromatic N) is 4. The molecule has 7 heteroatoms. The molecule has 0 bridgehead atoms. The monoisotopic (exact) mass is 252 g/mol. The van der Waals surface area contributed by atoms with Crippen molar-refractivity contribution in [2.45, 2.75) is 0 Å². The minimum Gasteiger partial charge on any atom is -0.334 e. The van der Waals surface area contributed by atoms with Crippen LogP contribution in [0.25, 0.3) is 28.2 Å². The minimum atomic E-state index is -0.307. The predicted molar refractivity (Wildman–Crippen MR) is 68.7 cm³/mol. The van der Waals surface area contributed by atoms with Crippen LogP contribution in [0.5, 0.6) is 0 Å². The maximum absolute atomic E-state index is 11.8. The molecule has 7 nitrogen and oxygen atoms in total. The molecule has 1 aromatic carbocycles. The van der Waals surface area contributed by atoms with E-state index in [1.165, 1.54) is 10.7 Å². The van der Waals surface area contributed by atoms with E-state index in [0.717, 1.165) is 5.56 Å². The Morgan fingerprint density at radius 2 is 1.95 bits per heavy atom. The maximum atomic E-state index is 11.8. The van der Waals surface area contributed by atoms with E-state index in [1.54, 1.807) is 0 Å². The first-order valence-electron chi connectivity index (χ1n) is 5.70. The predicted octanol–water partition coefficient (Wildman–Crippen LogP) is 0.961. The summed E-state index contributed by atoms with van der Waals surface area (Å²) in [4.78, 5) is 22.0. The summed E-state index contributed by atoms with van der Waals surface area (Å²) in [6.07, 6.45) is 1.37. The summed E-state index contributed by atoms with van der Waals surface area (Å²) in [5.74, 6) is 0.683. The first-order chi connectivity index (χ1) is 9.33. The van der Waals surface area contributed by atoms with Crippen LogP contribution < -0.4 is 5.69 Å². The molecule has 19 heavy (non-hydrogen) atoms. The molecule has 0 radical (unpaired) electrons. The molecule has 0 saturated heterocycles. The third-order valence-electron chi connectivity index (χ3n) is 2.97. The van der Waals surface area contributed by atoms with Gasteiger partial charge in [0.15, 0.2) is 11.3 Å². The summed E-state index contributed by atoms with van der Waals surface area (Å²) >= 11 is 0. The van der Waals surface area contributed by atoms with Gasteiger partial charge in [-0.3, -0.25) is 4.98 Å². The van der Waals surface area contributed by atoms with Crippen molar-refractivity contribution in [1.82, 2.24) is 29.5 Å². The number of nitrogens with one attached hydrogen (secondary N) is 2. The van der Waals surface area contributed by atoms with Crippen LogP contribution in [-0.2, 0) is 0 Å². The molecule has 0 aliphatic heterocycles. The van der Waals surface area contributed by atoms with Crippen molar-refractivity contribution in [3.63, 3.8) is 0 Å². The van der Waals surface area contributed by atoms with Crippen LogP contribution in [0.4, 0.5) is 0 Å². The first kappa shape index (κ1) is 10.0. The maximum Gasteiger partial charge on any atom is 0.334 e. The molecule has 0 saturated carbocycles. The Hall–Kier alpha value is -2.96. The van der Waals surface area contributed by atoms with Crippen molar-refractivity contribution in [2.24, 2.45) is 0 Å². The lowest BCUT2D eigenvalue weighted by Gasteiger charge is -1.93. The Morgan fingerprint density at radius 3 is 2.79 bits per heavy atom. The Balaban J connectivity index is 2.09. The summed E-state index contributed by atoms with van der Waals surface area (Å²) in [5.41, 5.74) is 2.24. The van der Waals surface area contributed by atoms with Crippen molar-refractivity contribution in [2.75, 3.05) is 0 Å². The molecular formula is C12H8N6O. The summed E-state index contributed by atoms with van der Waals surface area (Å²) in [6, 6.07) is 9.67. The van der Waals surface area contributed by atoms with Gasteiger partial charge >= 0.3 is 5.69 Å². The number of hydrogen-bond acceptors (Lipinski definition) is 4. The Kier molecular flexibility index (Phi) is 1.85. The highest BCUT2D eigenvalue weighted by Crippen LogP contribution is 2.19. The molecule has 3 heterocycles. The molecule has 4 rings (SSSR count). The van der Waals surface area contributed by atoms with Crippen LogP contribution in [0, 0.1) is 0 Å². The van der Waals surface area contributed by atoms with E-state index in [0.29, 0.717) is 22.6 Å². The Morgan fingerprint density at radius 1 is 1.11 bits per heavy atom. The van der Waals surface area contributed by atoms with Gasteiger partial charge in [-0.15, -0.1) is 10.2 Å². The van der Waals surface area contributed by atoms with E-state index in [9.17, 15) is 4.79 Å². The third-order valence-corrected chi connectivity index (χ3v) is 2.97. The fourth-order valence-corrected chi connectivity index (χ4v) is 2.07. The van der Waals surface area contributed by atoms with Crippen LogP contribution in [0.3, 0.4) is 0 Å². The molecule has 0 atom stereocenters. The molecule has 0 aliphatic rings. The van der Waals surface area contributed by atoms with Gasteiger partial charge < -0.3 is 4.98 Å². The fourth-order valence-electron chi connectivity index (χ4n) is 2.07. The Labute approximate surface area is 106 Å². The van der Waals surface area contributed by atoms with Gasteiger partial charge in [-0.05, 0) is 0 Å². The number of fused-ring (bicyclic) bond motifs is 3. The van der Waals surface area contributed by atoms with E-state index in [-0.39, 0.29) is 5.69 Å². The summed E-state index contributed by atoms with van der Waals surface area (Å²) in [7, 11) is 0. The lowest BCUT2D eigenvalue weighted by atomic mass is 10.2. The van der Waals surface area contributed by atoms with Gasteiger partial charge in [-0.1, -0.05) is 30.3 Å². The van der Waals surface area contributed by atoms with E-state index in [1.807, 2.05) is 30.3 Å². The molecule has 0 unspecified atom stereocenters. The SMILES string of the molecule is O=c1[nH]c2nc(-c3ccccc3)[nH]c2c2nncn12. The lowest BCUT2D eigenvalue weighted by Crippen LogP contribution is -2.15. The smallest absolute Gasteiger partial charge is 0.334 e. The molecular weight excluding hydrogens is 244 g/mol. The van der Waals surface area contributed by atoms with E-state index in [2.05, 4.69) is 25.1 Å². The number of aromatic nitrogens is 6. The van der Waals surface area contributed by atoms with Crippen LogP contribution in [0.1, 0.15) is 0 Å². The third kappa shape index (κ3) is 1.38. The van der Waals surface area contributed by atoms with Crippen molar-refractivity contribution >= 4 is 16.8 Å². The number of aromatic amines is 2. The molecule has 2 N–H and O–H groups in total. The number of hydrogen-bond donors (Lipinski definition) is 2. The highest BCUT2D eigenvalue weighted by atomic mass is 16.1. The minimum absolute atomic E-state index is 0.307. The van der Waals surface area contributed by atoms with Gasteiger partial charge in [-0.2, -0.15) is 0 Å². The number of imidazole rings is 1. The van der Waals surface area contributed by atoms with Crippen molar-refractivity contribution in [1.29, 1.82) is 0 Å². The zero-order valence-electron chi connectivity index (χ0n) is 9.66. The van der Waals surface area contributed by atoms with Gasteiger partial charge in [0.25, 0.3) is 0 Å².